The van der Waals surface area contributed by atoms with E-state index in [0.717, 1.165) is 11.8 Å². The Labute approximate surface area is 75.3 Å². The molecule has 58 valence electrons. The van der Waals surface area contributed by atoms with Crippen LogP contribution < -0.4 is 0 Å². The third-order valence-corrected chi connectivity index (χ3v) is 3.32. The van der Waals surface area contributed by atoms with Crippen LogP contribution in [-0.4, -0.2) is 10.6 Å². The summed E-state index contributed by atoms with van der Waals surface area (Å²) in [5, 5.41) is 11.9. The summed E-state index contributed by atoms with van der Waals surface area (Å²) in [5.74, 6) is 0. The number of thiocyanates is 1. The summed E-state index contributed by atoms with van der Waals surface area (Å²) in [6, 6.07) is 0. The minimum Gasteiger partial charge on any atom is -0.185 e. The minimum atomic E-state index is 0.491. The molecule has 0 aromatic carbocycles. The zero-order valence-electron chi connectivity index (χ0n) is 6.14. The zero-order valence-corrected chi connectivity index (χ0v) is 8.54. The van der Waals surface area contributed by atoms with Crippen molar-refractivity contribution >= 4 is 27.7 Å². The molecule has 0 aliphatic carbocycles. The molecule has 0 radical (unpaired) electrons. The van der Waals surface area contributed by atoms with E-state index < -0.39 is 0 Å². The van der Waals surface area contributed by atoms with Gasteiger partial charge in [-0.05, 0) is 18.2 Å². The second kappa shape index (κ2) is 7.43. The van der Waals surface area contributed by atoms with Gasteiger partial charge < -0.3 is 0 Å². The Balaban J connectivity index is 3.32. The predicted octanol–water partition coefficient (Wildman–Crippen LogP) is 3.15. The van der Waals surface area contributed by atoms with Crippen molar-refractivity contribution < 1.29 is 0 Å². The number of unbranched alkanes of at least 4 members (excludes halogenated alkanes) is 1. The van der Waals surface area contributed by atoms with Gasteiger partial charge in [-0.3, -0.25) is 0 Å². The lowest BCUT2D eigenvalue weighted by Crippen LogP contribution is -2.01. The van der Waals surface area contributed by atoms with Crippen LogP contribution in [0.25, 0.3) is 0 Å². The number of hydrogen-bond acceptors (Lipinski definition) is 2. The molecular formula is C7H12BrNS. The molecule has 0 spiro atoms. The van der Waals surface area contributed by atoms with E-state index in [-0.39, 0.29) is 0 Å². The maximum Gasteiger partial charge on any atom is 0.133 e. The Morgan fingerprint density at radius 2 is 2.40 bits per heavy atom. The highest BCUT2D eigenvalue weighted by atomic mass is 79.9. The number of nitriles is 1. The molecule has 10 heavy (non-hydrogen) atoms. The first kappa shape index (κ1) is 10.3. The molecule has 0 bridgehead atoms. The summed E-state index contributed by atoms with van der Waals surface area (Å²) in [6.45, 7) is 2.17. The molecule has 1 atom stereocenters. The van der Waals surface area contributed by atoms with Gasteiger partial charge in [-0.25, -0.2) is 0 Å². The second-order valence-corrected chi connectivity index (χ2v) is 3.86. The molecule has 0 rings (SSSR count). The van der Waals surface area contributed by atoms with Gasteiger partial charge in [-0.15, -0.1) is 0 Å². The highest BCUT2D eigenvalue weighted by Gasteiger charge is 2.05. The molecule has 0 fully saturated rings. The lowest BCUT2D eigenvalue weighted by Gasteiger charge is -2.06. The van der Waals surface area contributed by atoms with Gasteiger partial charge in [-0.1, -0.05) is 35.7 Å². The van der Waals surface area contributed by atoms with E-state index in [1.165, 1.54) is 24.6 Å². The molecule has 0 aromatic heterocycles. The predicted molar refractivity (Wildman–Crippen MR) is 50.3 cm³/mol. The lowest BCUT2D eigenvalue weighted by molar-refractivity contribution is 0.720. The first-order valence-corrected chi connectivity index (χ1v) is 5.46. The van der Waals surface area contributed by atoms with Gasteiger partial charge in [0.05, 0.1) is 0 Å². The van der Waals surface area contributed by atoms with E-state index in [4.69, 9.17) is 5.26 Å². The summed E-state index contributed by atoms with van der Waals surface area (Å²) in [7, 11) is 0. The fourth-order valence-electron chi connectivity index (χ4n) is 0.674. The topological polar surface area (TPSA) is 23.8 Å². The molecule has 0 aromatic rings. The molecule has 0 aliphatic rings. The molecule has 0 aliphatic heterocycles. The smallest absolute Gasteiger partial charge is 0.133 e. The van der Waals surface area contributed by atoms with Gasteiger partial charge in [0.25, 0.3) is 0 Å². The highest BCUT2D eigenvalue weighted by Crippen LogP contribution is 2.17. The van der Waals surface area contributed by atoms with E-state index in [9.17, 15) is 0 Å². The standard InChI is InChI=1S/C7H12BrNS/c1-2-3-4-7(5-8)10-6-9/h7H,2-5H2,1H3. The molecule has 0 N–H and O–H groups in total. The van der Waals surface area contributed by atoms with Gasteiger partial charge in [-0.2, -0.15) is 5.26 Å². The maximum absolute atomic E-state index is 8.36. The fraction of sp³-hybridized carbons (Fsp3) is 0.857. The minimum absolute atomic E-state index is 0.491. The van der Waals surface area contributed by atoms with Crippen LogP contribution in [0.1, 0.15) is 26.2 Å². The summed E-state index contributed by atoms with van der Waals surface area (Å²) < 4.78 is 0. The van der Waals surface area contributed by atoms with Crippen LogP contribution in [0.5, 0.6) is 0 Å². The van der Waals surface area contributed by atoms with Crippen LogP contribution in [0.4, 0.5) is 0 Å². The molecule has 0 heterocycles. The molecular weight excluding hydrogens is 210 g/mol. The quantitative estimate of drug-likeness (QED) is 0.527. The summed E-state index contributed by atoms with van der Waals surface area (Å²) in [4.78, 5) is 0. The molecule has 1 unspecified atom stereocenters. The van der Waals surface area contributed by atoms with Crippen LogP contribution in [0.15, 0.2) is 0 Å². The normalized spacial score (nSPS) is 12.5. The summed E-state index contributed by atoms with van der Waals surface area (Å²) in [5.41, 5.74) is 0. The monoisotopic (exact) mass is 221 g/mol. The van der Waals surface area contributed by atoms with E-state index in [0.29, 0.717) is 5.25 Å². The fourth-order valence-corrected chi connectivity index (χ4v) is 1.89. The van der Waals surface area contributed by atoms with Crippen LogP contribution in [-0.2, 0) is 0 Å². The van der Waals surface area contributed by atoms with E-state index in [2.05, 4.69) is 28.3 Å². The van der Waals surface area contributed by atoms with Crippen molar-refractivity contribution in [3.8, 4) is 5.40 Å². The Morgan fingerprint density at radius 3 is 2.80 bits per heavy atom. The van der Waals surface area contributed by atoms with Gasteiger partial charge in [0.1, 0.15) is 5.40 Å². The Kier molecular flexibility index (Phi) is 7.66. The van der Waals surface area contributed by atoms with Gasteiger partial charge >= 0.3 is 0 Å². The van der Waals surface area contributed by atoms with Crippen molar-refractivity contribution in [3.05, 3.63) is 0 Å². The van der Waals surface area contributed by atoms with Gasteiger partial charge in [0, 0.05) is 10.6 Å². The molecule has 0 amide bonds. The second-order valence-electron chi connectivity index (χ2n) is 2.13. The Hall–Kier alpha value is 0.320. The number of nitrogens with zero attached hydrogens (tertiary/aromatic N) is 1. The average Bonchev–Trinajstić information content (AvgIpc) is 1.98. The number of halogens is 1. The number of alkyl halides is 1. The Bertz CT molecular complexity index is 111. The first-order valence-electron chi connectivity index (χ1n) is 3.45. The van der Waals surface area contributed by atoms with Crippen molar-refractivity contribution in [2.24, 2.45) is 0 Å². The maximum atomic E-state index is 8.36. The van der Waals surface area contributed by atoms with Gasteiger partial charge in [0.15, 0.2) is 0 Å². The zero-order chi connectivity index (χ0) is 7.82. The average molecular weight is 222 g/mol. The van der Waals surface area contributed by atoms with Crippen LogP contribution in [0.2, 0.25) is 0 Å². The largest absolute Gasteiger partial charge is 0.185 e. The number of rotatable bonds is 5. The van der Waals surface area contributed by atoms with Crippen LogP contribution in [0.3, 0.4) is 0 Å². The third-order valence-electron chi connectivity index (χ3n) is 1.27. The van der Waals surface area contributed by atoms with Crippen molar-refractivity contribution in [2.75, 3.05) is 5.33 Å². The summed E-state index contributed by atoms with van der Waals surface area (Å²) >= 11 is 4.75. The van der Waals surface area contributed by atoms with Gasteiger partial charge in [0.2, 0.25) is 0 Å². The first-order chi connectivity index (χ1) is 4.85. The van der Waals surface area contributed by atoms with Crippen molar-refractivity contribution in [1.82, 2.24) is 0 Å². The van der Waals surface area contributed by atoms with E-state index in [1.54, 1.807) is 0 Å². The third kappa shape index (κ3) is 5.13. The van der Waals surface area contributed by atoms with Crippen molar-refractivity contribution in [3.63, 3.8) is 0 Å². The van der Waals surface area contributed by atoms with Crippen molar-refractivity contribution in [2.45, 2.75) is 31.4 Å². The Morgan fingerprint density at radius 1 is 1.70 bits per heavy atom. The van der Waals surface area contributed by atoms with E-state index in [1.807, 2.05) is 0 Å². The number of hydrogen-bond donors (Lipinski definition) is 0. The summed E-state index contributed by atoms with van der Waals surface area (Å²) in [6.07, 6.45) is 3.60. The van der Waals surface area contributed by atoms with Crippen LogP contribution >= 0.6 is 27.7 Å². The molecule has 0 saturated carbocycles. The SMILES string of the molecule is CCCCC(CBr)SC#N. The van der Waals surface area contributed by atoms with Crippen LogP contribution in [0, 0.1) is 10.7 Å². The molecule has 0 saturated heterocycles. The van der Waals surface area contributed by atoms with E-state index >= 15 is 0 Å². The highest BCUT2D eigenvalue weighted by molar-refractivity contribution is 9.09. The molecule has 1 nitrogen and oxygen atoms in total. The number of thioether (sulfide) groups is 1. The van der Waals surface area contributed by atoms with Crippen molar-refractivity contribution in [1.29, 1.82) is 5.26 Å². The lowest BCUT2D eigenvalue weighted by atomic mass is 10.2. The molecule has 3 heteroatoms.